The number of rotatable bonds is 3. The lowest BCUT2D eigenvalue weighted by atomic mass is 9.80. The lowest BCUT2D eigenvalue weighted by molar-refractivity contribution is 0.0623. The van der Waals surface area contributed by atoms with Gasteiger partial charge in [-0.05, 0) is 80.6 Å². The lowest BCUT2D eigenvalue weighted by Crippen LogP contribution is -2.49. The van der Waals surface area contributed by atoms with Gasteiger partial charge in [0, 0.05) is 25.2 Å². The molecule has 0 spiro atoms. The van der Waals surface area contributed by atoms with Gasteiger partial charge in [0.15, 0.2) is 0 Å². The van der Waals surface area contributed by atoms with Crippen molar-refractivity contribution in [3.05, 3.63) is 71.3 Å². The molecule has 2 aliphatic heterocycles. The largest absolute Gasteiger partial charge is 0.300 e. The molecule has 0 N–H and O–H groups in total. The molecule has 0 radical (unpaired) electrons. The zero-order valence-corrected chi connectivity index (χ0v) is 17.1. The number of piperidine rings is 1. The maximum Gasteiger partial charge on any atom is 0.0239 e. The SMILES string of the molecule is c1ccc(C2CCC(N3CCC(N4CCc5ccccc5C4)CC3)CC2)cc1. The van der Waals surface area contributed by atoms with E-state index in [9.17, 15) is 0 Å². The van der Waals surface area contributed by atoms with E-state index in [1.807, 2.05) is 0 Å². The van der Waals surface area contributed by atoms with Crippen molar-refractivity contribution in [2.45, 2.75) is 69.5 Å². The van der Waals surface area contributed by atoms with Gasteiger partial charge in [0.25, 0.3) is 0 Å². The molecule has 2 aromatic carbocycles. The smallest absolute Gasteiger partial charge is 0.0239 e. The Bertz CT molecular complexity index is 755. The van der Waals surface area contributed by atoms with Gasteiger partial charge in [-0.3, -0.25) is 4.90 Å². The highest BCUT2D eigenvalue weighted by atomic mass is 15.2. The van der Waals surface area contributed by atoms with E-state index in [2.05, 4.69) is 64.4 Å². The van der Waals surface area contributed by atoms with Crippen LogP contribution in [0.15, 0.2) is 54.6 Å². The molecule has 3 aliphatic rings. The van der Waals surface area contributed by atoms with Gasteiger partial charge in [0.2, 0.25) is 0 Å². The van der Waals surface area contributed by atoms with Crippen molar-refractivity contribution in [2.24, 2.45) is 0 Å². The minimum Gasteiger partial charge on any atom is -0.300 e. The molecule has 148 valence electrons. The van der Waals surface area contributed by atoms with Crippen LogP contribution in [0.4, 0.5) is 0 Å². The number of nitrogens with zero attached hydrogens (tertiary/aromatic N) is 2. The van der Waals surface area contributed by atoms with E-state index < -0.39 is 0 Å². The van der Waals surface area contributed by atoms with E-state index in [0.717, 1.165) is 18.0 Å². The van der Waals surface area contributed by atoms with Crippen LogP contribution < -0.4 is 0 Å². The molecular weight excluding hydrogens is 340 g/mol. The Labute approximate surface area is 170 Å². The molecule has 2 heteroatoms. The highest BCUT2D eigenvalue weighted by Crippen LogP contribution is 2.36. The molecule has 5 rings (SSSR count). The topological polar surface area (TPSA) is 6.48 Å². The van der Waals surface area contributed by atoms with Gasteiger partial charge < -0.3 is 4.90 Å². The highest BCUT2D eigenvalue weighted by Gasteiger charge is 2.32. The Kier molecular flexibility index (Phi) is 5.51. The van der Waals surface area contributed by atoms with Gasteiger partial charge in [-0.1, -0.05) is 54.6 Å². The quantitative estimate of drug-likeness (QED) is 0.725. The summed E-state index contributed by atoms with van der Waals surface area (Å²) in [4.78, 5) is 5.60. The van der Waals surface area contributed by atoms with Gasteiger partial charge in [-0.15, -0.1) is 0 Å². The first kappa shape index (κ1) is 18.4. The van der Waals surface area contributed by atoms with E-state index in [4.69, 9.17) is 0 Å². The van der Waals surface area contributed by atoms with E-state index >= 15 is 0 Å². The molecule has 1 saturated heterocycles. The van der Waals surface area contributed by atoms with Crippen molar-refractivity contribution in [3.63, 3.8) is 0 Å². The molecular formula is C26H34N2. The molecule has 2 fully saturated rings. The molecule has 2 nitrogen and oxygen atoms in total. The summed E-state index contributed by atoms with van der Waals surface area (Å²) in [6.07, 6.45) is 9.49. The fourth-order valence-electron chi connectivity index (χ4n) is 5.94. The zero-order chi connectivity index (χ0) is 18.8. The van der Waals surface area contributed by atoms with Crippen molar-refractivity contribution in [1.82, 2.24) is 9.80 Å². The summed E-state index contributed by atoms with van der Waals surface area (Å²) in [7, 11) is 0. The number of hydrogen-bond acceptors (Lipinski definition) is 2. The maximum absolute atomic E-state index is 2.83. The average molecular weight is 375 g/mol. The standard InChI is InChI=1S/C26H34N2/c1-2-6-21(7-3-1)23-10-12-25(13-11-23)27-18-15-26(16-19-27)28-17-14-22-8-4-5-9-24(22)20-28/h1-9,23,25-26H,10-20H2. The lowest BCUT2D eigenvalue weighted by Gasteiger charge is -2.44. The minimum atomic E-state index is 0.795. The van der Waals surface area contributed by atoms with Gasteiger partial charge in [-0.25, -0.2) is 0 Å². The predicted molar refractivity (Wildman–Crippen MR) is 117 cm³/mol. The summed E-state index contributed by atoms with van der Waals surface area (Å²) < 4.78 is 0. The van der Waals surface area contributed by atoms with E-state index in [0.29, 0.717) is 0 Å². The molecule has 2 aromatic rings. The van der Waals surface area contributed by atoms with Crippen LogP contribution in [0.5, 0.6) is 0 Å². The van der Waals surface area contributed by atoms with Gasteiger partial charge in [0.1, 0.15) is 0 Å². The molecule has 1 aliphatic carbocycles. The number of benzene rings is 2. The Balaban J connectivity index is 1.11. The predicted octanol–water partition coefficient (Wildman–Crippen LogP) is 5.24. The molecule has 1 saturated carbocycles. The Morgan fingerprint density at radius 2 is 1.21 bits per heavy atom. The van der Waals surface area contributed by atoms with Crippen molar-refractivity contribution < 1.29 is 0 Å². The first-order valence-corrected chi connectivity index (χ1v) is 11.5. The minimum absolute atomic E-state index is 0.795. The summed E-state index contributed by atoms with van der Waals surface area (Å²) in [5.74, 6) is 0.795. The van der Waals surface area contributed by atoms with Gasteiger partial charge in [-0.2, -0.15) is 0 Å². The van der Waals surface area contributed by atoms with E-state index in [-0.39, 0.29) is 0 Å². The summed E-state index contributed by atoms with van der Waals surface area (Å²) in [6.45, 7) is 5.04. The summed E-state index contributed by atoms with van der Waals surface area (Å²) in [5, 5.41) is 0. The van der Waals surface area contributed by atoms with Gasteiger partial charge >= 0.3 is 0 Å². The third-order valence-corrected chi connectivity index (χ3v) is 7.66. The van der Waals surface area contributed by atoms with Crippen LogP contribution in [0.2, 0.25) is 0 Å². The number of likely N-dealkylation sites (tertiary alicyclic amines) is 1. The summed E-state index contributed by atoms with van der Waals surface area (Å²) in [5.41, 5.74) is 4.70. The first-order chi connectivity index (χ1) is 13.9. The van der Waals surface area contributed by atoms with Gasteiger partial charge in [0.05, 0.1) is 0 Å². The molecule has 0 atom stereocenters. The second kappa shape index (κ2) is 8.39. The van der Waals surface area contributed by atoms with E-state index in [1.165, 1.54) is 71.1 Å². The monoisotopic (exact) mass is 374 g/mol. The fourth-order valence-corrected chi connectivity index (χ4v) is 5.94. The Morgan fingerprint density at radius 1 is 0.571 bits per heavy atom. The zero-order valence-electron chi connectivity index (χ0n) is 17.1. The van der Waals surface area contributed by atoms with Crippen LogP contribution in [0.1, 0.15) is 61.1 Å². The summed E-state index contributed by atoms with van der Waals surface area (Å²) in [6, 6.07) is 21.9. The third-order valence-electron chi connectivity index (χ3n) is 7.66. The highest BCUT2D eigenvalue weighted by molar-refractivity contribution is 5.29. The van der Waals surface area contributed by atoms with Crippen LogP contribution in [0, 0.1) is 0 Å². The Morgan fingerprint density at radius 3 is 1.96 bits per heavy atom. The average Bonchev–Trinajstić information content (AvgIpc) is 2.80. The van der Waals surface area contributed by atoms with Crippen LogP contribution >= 0.6 is 0 Å². The second-order valence-electron chi connectivity index (χ2n) is 9.17. The third kappa shape index (κ3) is 3.90. The molecule has 0 aromatic heterocycles. The Hall–Kier alpha value is -1.64. The van der Waals surface area contributed by atoms with Crippen LogP contribution in [0.25, 0.3) is 0 Å². The normalized spacial score (nSPS) is 27.4. The van der Waals surface area contributed by atoms with Crippen molar-refractivity contribution in [3.8, 4) is 0 Å². The molecule has 0 unspecified atom stereocenters. The molecule has 0 amide bonds. The molecule has 28 heavy (non-hydrogen) atoms. The van der Waals surface area contributed by atoms with Crippen LogP contribution in [-0.4, -0.2) is 41.5 Å². The van der Waals surface area contributed by atoms with Crippen LogP contribution in [-0.2, 0) is 13.0 Å². The number of hydrogen-bond donors (Lipinski definition) is 0. The number of fused-ring (bicyclic) bond motifs is 1. The van der Waals surface area contributed by atoms with Crippen LogP contribution in [0.3, 0.4) is 0 Å². The van der Waals surface area contributed by atoms with Crippen molar-refractivity contribution >= 4 is 0 Å². The summed E-state index contributed by atoms with van der Waals surface area (Å²) >= 11 is 0. The van der Waals surface area contributed by atoms with Crippen molar-refractivity contribution in [2.75, 3.05) is 19.6 Å². The molecule has 2 heterocycles. The second-order valence-corrected chi connectivity index (χ2v) is 9.17. The van der Waals surface area contributed by atoms with E-state index in [1.54, 1.807) is 16.7 Å². The molecule has 0 bridgehead atoms. The first-order valence-electron chi connectivity index (χ1n) is 11.5. The maximum atomic E-state index is 2.83. The fraction of sp³-hybridized carbons (Fsp3) is 0.538. The van der Waals surface area contributed by atoms with Crippen molar-refractivity contribution in [1.29, 1.82) is 0 Å².